The minimum absolute atomic E-state index is 0.881. The molecule has 0 atom stereocenters. The molecular formula is C19H21N3. The number of nitrogens with one attached hydrogen (secondary N) is 2. The van der Waals surface area contributed by atoms with Crippen LogP contribution in [0, 0.1) is 5.41 Å². The Hall–Kier alpha value is -2.42. The van der Waals surface area contributed by atoms with Crippen molar-refractivity contribution in [2.45, 2.75) is 32.1 Å². The van der Waals surface area contributed by atoms with Crippen molar-refractivity contribution in [3.8, 4) is 11.1 Å². The predicted octanol–water partition coefficient (Wildman–Crippen LogP) is 5.41. The number of nitrogens with zero attached hydrogens (tertiary/aromatic N) is 1. The highest BCUT2D eigenvalue weighted by Crippen LogP contribution is 2.37. The van der Waals surface area contributed by atoms with Crippen molar-refractivity contribution in [3.05, 3.63) is 48.5 Å². The van der Waals surface area contributed by atoms with E-state index in [1.807, 2.05) is 6.07 Å². The molecule has 2 aromatic carbocycles. The average Bonchev–Trinajstić information content (AvgIpc) is 2.71. The van der Waals surface area contributed by atoms with Crippen molar-refractivity contribution in [1.29, 1.82) is 5.41 Å². The Morgan fingerprint density at radius 3 is 2.55 bits per heavy atom. The molecule has 0 unspecified atom stereocenters. The molecule has 0 spiro atoms. The molecule has 3 rings (SSSR count). The number of hydrogen-bond donors (Lipinski definition) is 2. The van der Waals surface area contributed by atoms with E-state index in [0.29, 0.717) is 0 Å². The summed E-state index contributed by atoms with van der Waals surface area (Å²) < 4.78 is 0. The molecule has 0 saturated heterocycles. The van der Waals surface area contributed by atoms with Crippen LogP contribution in [0.4, 0.5) is 11.4 Å². The van der Waals surface area contributed by atoms with Crippen LogP contribution in [-0.2, 0) is 0 Å². The van der Waals surface area contributed by atoms with Crippen LogP contribution in [0.5, 0.6) is 0 Å². The highest BCUT2D eigenvalue weighted by molar-refractivity contribution is 6.04. The van der Waals surface area contributed by atoms with Crippen LogP contribution in [-0.4, -0.2) is 12.1 Å². The van der Waals surface area contributed by atoms with Crippen LogP contribution in [0.25, 0.3) is 11.1 Å². The third-order valence-electron chi connectivity index (χ3n) is 3.92. The average molecular weight is 291 g/mol. The topological polar surface area (TPSA) is 48.2 Å². The van der Waals surface area contributed by atoms with Crippen molar-refractivity contribution in [2.24, 2.45) is 4.99 Å². The molecule has 112 valence electrons. The molecule has 1 heterocycles. The zero-order chi connectivity index (χ0) is 15.2. The Morgan fingerprint density at radius 1 is 0.909 bits per heavy atom. The van der Waals surface area contributed by atoms with E-state index < -0.39 is 0 Å². The molecule has 0 saturated carbocycles. The van der Waals surface area contributed by atoms with Crippen LogP contribution < -0.4 is 5.32 Å². The quantitative estimate of drug-likeness (QED) is 0.542. The van der Waals surface area contributed by atoms with Crippen LogP contribution in [0.15, 0.2) is 53.5 Å². The third-order valence-corrected chi connectivity index (χ3v) is 3.92. The summed E-state index contributed by atoms with van der Waals surface area (Å²) in [5.41, 5.74) is 4.56. The minimum atomic E-state index is 0.881. The van der Waals surface area contributed by atoms with Crippen LogP contribution in [0.2, 0.25) is 0 Å². The van der Waals surface area contributed by atoms with E-state index in [9.17, 15) is 0 Å². The Morgan fingerprint density at radius 2 is 1.68 bits per heavy atom. The summed E-state index contributed by atoms with van der Waals surface area (Å²) in [6, 6.07) is 16.7. The van der Waals surface area contributed by atoms with Gasteiger partial charge in [0.1, 0.15) is 5.84 Å². The number of unbranched alkanes of at least 4 members (excludes halogenated alkanes) is 3. The van der Waals surface area contributed by atoms with Gasteiger partial charge >= 0.3 is 0 Å². The van der Waals surface area contributed by atoms with Gasteiger partial charge in [-0.25, -0.2) is 4.99 Å². The fraction of sp³-hybridized carbons (Fsp3) is 0.263. The Bertz CT molecular complexity index is 689. The van der Waals surface area contributed by atoms with E-state index in [1.54, 1.807) is 0 Å². The summed E-state index contributed by atoms with van der Waals surface area (Å²) in [4.78, 5) is 4.83. The molecule has 0 fully saturated rings. The van der Waals surface area contributed by atoms with Crippen molar-refractivity contribution in [1.82, 2.24) is 0 Å². The van der Waals surface area contributed by atoms with E-state index in [0.717, 1.165) is 49.3 Å². The number of fused-ring (bicyclic) bond motifs is 3. The maximum absolute atomic E-state index is 7.06. The third kappa shape index (κ3) is 3.25. The van der Waals surface area contributed by atoms with Crippen molar-refractivity contribution >= 4 is 23.4 Å². The summed E-state index contributed by atoms with van der Waals surface area (Å²) in [6.07, 6.45) is 6.65. The summed E-state index contributed by atoms with van der Waals surface area (Å²) >= 11 is 0. The fourth-order valence-electron chi connectivity index (χ4n) is 2.79. The number of benzene rings is 2. The minimum Gasteiger partial charge on any atom is -0.343 e. The maximum atomic E-state index is 7.06. The number of anilines is 1. The molecule has 1 aliphatic heterocycles. The second kappa shape index (κ2) is 7.03. The van der Waals surface area contributed by atoms with Crippen molar-refractivity contribution in [3.63, 3.8) is 0 Å². The molecule has 22 heavy (non-hydrogen) atoms. The zero-order valence-corrected chi connectivity index (χ0v) is 12.7. The van der Waals surface area contributed by atoms with Gasteiger partial charge < -0.3 is 10.7 Å². The summed E-state index contributed by atoms with van der Waals surface area (Å²) in [5.74, 6) is 1.03. The molecule has 2 aromatic rings. The van der Waals surface area contributed by atoms with Crippen molar-refractivity contribution < 1.29 is 0 Å². The Labute approximate surface area is 131 Å². The highest BCUT2D eigenvalue weighted by atomic mass is 15.0. The van der Waals surface area contributed by atoms with Crippen LogP contribution in [0.1, 0.15) is 32.1 Å². The standard InChI is InChI=1S/C19H21N3/c20-14-8-2-1-3-13-19-21-17-11-6-4-9-15(17)16-10-5-7-12-18(16)22-19/h4-7,9-12,14,20H,1-3,8,13H2,(H,21,22). The highest BCUT2D eigenvalue weighted by Gasteiger charge is 2.14. The van der Waals surface area contributed by atoms with Gasteiger partial charge in [0, 0.05) is 23.2 Å². The monoisotopic (exact) mass is 291 g/mol. The molecule has 0 radical (unpaired) electrons. The lowest BCUT2D eigenvalue weighted by Gasteiger charge is -2.10. The molecule has 0 amide bonds. The fourth-order valence-corrected chi connectivity index (χ4v) is 2.79. The van der Waals surface area contributed by atoms with Gasteiger partial charge in [-0.05, 0) is 37.6 Å². The first kappa shape index (κ1) is 14.5. The van der Waals surface area contributed by atoms with Gasteiger partial charge in [-0.15, -0.1) is 0 Å². The molecule has 0 bridgehead atoms. The van der Waals surface area contributed by atoms with Gasteiger partial charge in [-0.3, -0.25) is 0 Å². The second-order valence-electron chi connectivity index (χ2n) is 5.55. The molecule has 1 aliphatic rings. The lowest BCUT2D eigenvalue weighted by molar-refractivity contribution is 0.719. The van der Waals surface area contributed by atoms with E-state index in [-0.39, 0.29) is 0 Å². The van der Waals surface area contributed by atoms with Gasteiger partial charge in [-0.1, -0.05) is 42.8 Å². The normalized spacial score (nSPS) is 12.5. The van der Waals surface area contributed by atoms with Crippen molar-refractivity contribution in [2.75, 3.05) is 5.32 Å². The molecule has 0 aromatic heterocycles. The van der Waals surface area contributed by atoms with E-state index in [1.165, 1.54) is 17.3 Å². The molecule has 2 N–H and O–H groups in total. The molecular weight excluding hydrogens is 270 g/mol. The SMILES string of the molecule is N=CCCCCCC1=Nc2ccccc2-c2ccccc2N1. The summed E-state index contributed by atoms with van der Waals surface area (Å²) in [7, 11) is 0. The molecule has 3 nitrogen and oxygen atoms in total. The Kier molecular flexibility index (Phi) is 4.64. The summed E-state index contributed by atoms with van der Waals surface area (Å²) in [6.45, 7) is 0. The number of aliphatic imine (C=N–C) groups is 1. The van der Waals surface area contributed by atoms with Gasteiger partial charge in [0.2, 0.25) is 0 Å². The number of para-hydroxylation sites is 2. The lowest BCUT2D eigenvalue weighted by Crippen LogP contribution is -2.11. The molecule has 0 aliphatic carbocycles. The predicted molar refractivity (Wildman–Crippen MR) is 94.5 cm³/mol. The van der Waals surface area contributed by atoms with Gasteiger partial charge in [-0.2, -0.15) is 0 Å². The van der Waals surface area contributed by atoms with E-state index in [4.69, 9.17) is 10.4 Å². The largest absolute Gasteiger partial charge is 0.343 e. The first-order chi connectivity index (χ1) is 10.9. The number of amidine groups is 1. The van der Waals surface area contributed by atoms with Gasteiger partial charge in [0.25, 0.3) is 0 Å². The van der Waals surface area contributed by atoms with Crippen LogP contribution in [0.3, 0.4) is 0 Å². The lowest BCUT2D eigenvalue weighted by atomic mass is 10.0. The number of hydrogen-bond acceptors (Lipinski definition) is 3. The smallest absolute Gasteiger partial charge is 0.107 e. The van der Waals surface area contributed by atoms with Gasteiger partial charge in [0.15, 0.2) is 0 Å². The first-order valence-electron chi connectivity index (χ1n) is 7.90. The van der Waals surface area contributed by atoms with Gasteiger partial charge in [0.05, 0.1) is 5.69 Å². The van der Waals surface area contributed by atoms with E-state index >= 15 is 0 Å². The maximum Gasteiger partial charge on any atom is 0.107 e. The van der Waals surface area contributed by atoms with E-state index in [2.05, 4.69) is 47.8 Å². The van der Waals surface area contributed by atoms with Crippen LogP contribution >= 0.6 is 0 Å². The second-order valence-corrected chi connectivity index (χ2v) is 5.55. The zero-order valence-electron chi connectivity index (χ0n) is 12.7. The summed E-state index contributed by atoms with van der Waals surface area (Å²) in [5, 5.41) is 10.6. The number of rotatable bonds is 6. The Balaban J connectivity index is 1.82. The molecule has 3 heteroatoms. The first-order valence-corrected chi connectivity index (χ1v) is 7.90.